The zero-order valence-electron chi connectivity index (χ0n) is 11.1. The molecule has 0 saturated carbocycles. The van der Waals surface area contributed by atoms with Crippen LogP contribution in [0.4, 0.5) is 0 Å². The molecule has 0 aliphatic rings. The van der Waals surface area contributed by atoms with E-state index in [1.54, 1.807) is 0 Å². The second kappa shape index (κ2) is 8.98. The molecule has 0 fully saturated rings. The molecule has 0 radical (unpaired) electrons. The van der Waals surface area contributed by atoms with Gasteiger partial charge in [0.2, 0.25) is 0 Å². The normalized spacial score (nSPS) is 13.6. The molecule has 0 aromatic heterocycles. The highest BCUT2D eigenvalue weighted by atomic mass is 79.9. The van der Waals surface area contributed by atoms with Gasteiger partial charge in [-0.1, -0.05) is 35.2 Å². The third-order valence-corrected chi connectivity index (χ3v) is 3.16. The molecule has 2 unspecified atom stereocenters. The quantitative estimate of drug-likeness (QED) is 0.722. The Bertz CT molecular complexity index is 400. The second-order valence-corrected chi connectivity index (χ2v) is 5.25. The first-order chi connectivity index (χ1) is 9.15. The van der Waals surface area contributed by atoms with Gasteiger partial charge in [-0.15, -0.1) is 6.42 Å². The Balaban J connectivity index is 2.26. The van der Waals surface area contributed by atoms with E-state index in [4.69, 9.17) is 11.2 Å². The third-order valence-electron chi connectivity index (χ3n) is 2.63. The van der Waals surface area contributed by atoms with Crippen molar-refractivity contribution in [3.63, 3.8) is 0 Å². The Hall–Kier alpha value is -1.02. The molecular weight excluding hydrogens is 306 g/mol. The summed E-state index contributed by atoms with van der Waals surface area (Å²) in [5, 5.41) is 13.0. The van der Waals surface area contributed by atoms with Crippen molar-refractivity contribution in [1.29, 1.82) is 0 Å². The summed E-state index contributed by atoms with van der Waals surface area (Å²) in [6, 6.07) is 7.52. The van der Waals surface area contributed by atoms with Crippen LogP contribution in [0, 0.1) is 12.3 Å². The maximum atomic E-state index is 9.81. The van der Waals surface area contributed by atoms with Crippen LogP contribution in [0.5, 0.6) is 5.75 Å². The Morgan fingerprint density at radius 1 is 1.42 bits per heavy atom. The molecular formula is C15H20BrNO2. The van der Waals surface area contributed by atoms with Crippen LogP contribution in [0.25, 0.3) is 0 Å². The van der Waals surface area contributed by atoms with Crippen molar-refractivity contribution in [3.8, 4) is 18.1 Å². The maximum absolute atomic E-state index is 9.81. The first-order valence-corrected chi connectivity index (χ1v) is 7.21. The van der Waals surface area contributed by atoms with Gasteiger partial charge in [-0.25, -0.2) is 0 Å². The fraction of sp³-hybridized carbons (Fsp3) is 0.467. The molecule has 19 heavy (non-hydrogen) atoms. The first-order valence-electron chi connectivity index (χ1n) is 6.41. The minimum Gasteiger partial charge on any atom is -0.491 e. The summed E-state index contributed by atoms with van der Waals surface area (Å²) in [6.45, 7) is 2.77. The maximum Gasteiger partial charge on any atom is 0.119 e. The van der Waals surface area contributed by atoms with Crippen LogP contribution in [0.3, 0.4) is 0 Å². The lowest BCUT2D eigenvalue weighted by molar-refractivity contribution is 0.105. The fourth-order valence-corrected chi connectivity index (χ4v) is 1.86. The molecule has 1 aromatic carbocycles. The summed E-state index contributed by atoms with van der Waals surface area (Å²) in [5.74, 6) is 3.41. The van der Waals surface area contributed by atoms with Crippen LogP contribution < -0.4 is 10.1 Å². The molecule has 4 heteroatoms. The topological polar surface area (TPSA) is 41.5 Å². The molecule has 1 rings (SSSR count). The van der Waals surface area contributed by atoms with Crippen LogP contribution in [-0.4, -0.2) is 30.4 Å². The molecule has 3 nitrogen and oxygen atoms in total. The first kappa shape index (κ1) is 16.0. The highest BCUT2D eigenvalue weighted by molar-refractivity contribution is 9.10. The van der Waals surface area contributed by atoms with Gasteiger partial charge in [0.1, 0.15) is 18.5 Å². The van der Waals surface area contributed by atoms with Crippen molar-refractivity contribution in [3.05, 3.63) is 28.7 Å². The van der Waals surface area contributed by atoms with Crippen molar-refractivity contribution in [1.82, 2.24) is 5.32 Å². The van der Waals surface area contributed by atoms with Gasteiger partial charge in [0.15, 0.2) is 0 Å². The van der Waals surface area contributed by atoms with Gasteiger partial charge in [0.05, 0.1) is 6.04 Å². The standard InChI is InChI=1S/C15H20BrNO2/c1-3-5-13(4-2)17-10-14(18)11-19-15-8-6-12(16)7-9-15/h2,6-9,13-14,17-18H,3,5,10-11H2,1H3. The lowest BCUT2D eigenvalue weighted by atomic mass is 10.2. The van der Waals surface area contributed by atoms with Gasteiger partial charge in [0, 0.05) is 11.0 Å². The predicted octanol–water partition coefficient (Wildman–Crippen LogP) is 2.58. The number of hydrogen-bond acceptors (Lipinski definition) is 3. The van der Waals surface area contributed by atoms with Crippen LogP contribution in [0.15, 0.2) is 28.7 Å². The minimum atomic E-state index is -0.573. The summed E-state index contributed by atoms with van der Waals surface area (Å²) in [6.07, 6.45) is 6.76. The second-order valence-electron chi connectivity index (χ2n) is 4.33. The van der Waals surface area contributed by atoms with E-state index in [1.807, 2.05) is 24.3 Å². The number of ether oxygens (including phenoxy) is 1. The monoisotopic (exact) mass is 325 g/mol. The zero-order valence-corrected chi connectivity index (χ0v) is 12.7. The van der Waals surface area contributed by atoms with E-state index < -0.39 is 6.10 Å². The van der Waals surface area contributed by atoms with Gasteiger partial charge in [-0.2, -0.15) is 0 Å². The Kier molecular flexibility index (Phi) is 7.57. The molecule has 1 aromatic rings. The van der Waals surface area contributed by atoms with Crippen LogP contribution in [0.1, 0.15) is 19.8 Å². The average Bonchev–Trinajstić information content (AvgIpc) is 2.42. The Morgan fingerprint density at radius 3 is 2.68 bits per heavy atom. The predicted molar refractivity (Wildman–Crippen MR) is 81.2 cm³/mol. The van der Waals surface area contributed by atoms with E-state index in [-0.39, 0.29) is 12.6 Å². The van der Waals surface area contributed by atoms with E-state index in [1.165, 1.54) is 0 Å². The number of benzene rings is 1. The smallest absolute Gasteiger partial charge is 0.119 e. The molecule has 0 amide bonds. The number of aliphatic hydroxyl groups excluding tert-OH is 1. The molecule has 2 N–H and O–H groups in total. The largest absolute Gasteiger partial charge is 0.491 e. The van der Waals surface area contributed by atoms with Crippen LogP contribution in [0.2, 0.25) is 0 Å². The number of halogens is 1. The molecule has 104 valence electrons. The van der Waals surface area contributed by atoms with E-state index in [2.05, 4.69) is 34.1 Å². The summed E-state index contributed by atoms with van der Waals surface area (Å²) < 4.78 is 6.48. The molecule has 0 bridgehead atoms. The molecule has 0 saturated heterocycles. The summed E-state index contributed by atoms with van der Waals surface area (Å²) in [5.41, 5.74) is 0. The minimum absolute atomic E-state index is 0.0207. The van der Waals surface area contributed by atoms with Crippen molar-refractivity contribution in [2.45, 2.75) is 31.9 Å². The van der Waals surface area contributed by atoms with E-state index >= 15 is 0 Å². The lowest BCUT2D eigenvalue weighted by Gasteiger charge is -2.16. The molecule has 2 atom stereocenters. The van der Waals surface area contributed by atoms with Crippen molar-refractivity contribution in [2.24, 2.45) is 0 Å². The number of hydrogen-bond donors (Lipinski definition) is 2. The summed E-state index contributed by atoms with van der Waals surface area (Å²) in [7, 11) is 0. The van der Waals surface area contributed by atoms with Crippen molar-refractivity contribution in [2.75, 3.05) is 13.2 Å². The molecule has 0 aliphatic heterocycles. The van der Waals surface area contributed by atoms with Crippen molar-refractivity contribution >= 4 is 15.9 Å². The SMILES string of the molecule is C#CC(CCC)NCC(O)COc1ccc(Br)cc1. The average molecular weight is 326 g/mol. The van der Waals surface area contributed by atoms with Gasteiger partial charge < -0.3 is 15.2 Å². The third kappa shape index (κ3) is 6.63. The van der Waals surface area contributed by atoms with E-state index in [9.17, 15) is 5.11 Å². The summed E-state index contributed by atoms with van der Waals surface area (Å²) >= 11 is 3.36. The van der Waals surface area contributed by atoms with Crippen LogP contribution in [-0.2, 0) is 0 Å². The van der Waals surface area contributed by atoms with Gasteiger partial charge >= 0.3 is 0 Å². The van der Waals surface area contributed by atoms with Gasteiger partial charge in [0.25, 0.3) is 0 Å². The zero-order chi connectivity index (χ0) is 14.1. The molecule has 0 aliphatic carbocycles. The number of rotatable bonds is 8. The van der Waals surface area contributed by atoms with E-state index in [0.717, 1.165) is 23.1 Å². The Morgan fingerprint density at radius 2 is 2.11 bits per heavy atom. The van der Waals surface area contributed by atoms with E-state index in [0.29, 0.717) is 6.54 Å². The number of terminal acetylenes is 1. The van der Waals surface area contributed by atoms with Gasteiger partial charge in [-0.3, -0.25) is 0 Å². The molecule has 0 spiro atoms. The lowest BCUT2D eigenvalue weighted by Crippen LogP contribution is -2.37. The van der Waals surface area contributed by atoms with Crippen LogP contribution >= 0.6 is 15.9 Å². The Labute approximate surface area is 123 Å². The highest BCUT2D eigenvalue weighted by Crippen LogP contribution is 2.16. The summed E-state index contributed by atoms with van der Waals surface area (Å²) in [4.78, 5) is 0. The number of nitrogens with one attached hydrogen (secondary N) is 1. The fourth-order valence-electron chi connectivity index (χ4n) is 1.59. The molecule has 0 heterocycles. The van der Waals surface area contributed by atoms with Crippen molar-refractivity contribution < 1.29 is 9.84 Å². The highest BCUT2D eigenvalue weighted by Gasteiger charge is 2.08. The van der Waals surface area contributed by atoms with Gasteiger partial charge in [-0.05, 0) is 30.7 Å². The number of aliphatic hydroxyl groups is 1.